The zero-order valence-electron chi connectivity index (χ0n) is 11.3. The van der Waals surface area contributed by atoms with Crippen molar-refractivity contribution < 1.29 is 22.7 Å². The Hall–Kier alpha value is -2.05. The van der Waals surface area contributed by atoms with Crippen LogP contribution in [-0.4, -0.2) is 35.0 Å². The van der Waals surface area contributed by atoms with Gasteiger partial charge in [0.2, 0.25) is 11.8 Å². The molecule has 0 aromatic carbocycles. The number of amides is 1. The highest BCUT2D eigenvalue weighted by molar-refractivity contribution is 5.87. The van der Waals surface area contributed by atoms with Gasteiger partial charge in [-0.15, -0.1) is 0 Å². The summed E-state index contributed by atoms with van der Waals surface area (Å²) in [5, 5.41) is 0. The van der Waals surface area contributed by atoms with Crippen LogP contribution in [0.5, 0.6) is 5.88 Å². The summed E-state index contributed by atoms with van der Waals surface area (Å²) in [5.74, 6) is 0.0394. The van der Waals surface area contributed by atoms with Crippen LogP contribution in [0.25, 0.3) is 0 Å². The van der Waals surface area contributed by atoms with Crippen molar-refractivity contribution in [3.05, 3.63) is 36.5 Å². The first kappa shape index (κ1) is 15.3. The number of piperidine rings is 1. The largest absolute Gasteiger partial charge is 0.474 e. The molecular weight excluding hydrogens is 285 g/mol. The lowest BCUT2D eigenvalue weighted by Crippen LogP contribution is -2.41. The van der Waals surface area contributed by atoms with E-state index in [2.05, 4.69) is 11.6 Å². The quantitative estimate of drug-likeness (QED) is 0.806. The number of alkyl halides is 3. The number of hydrogen-bond acceptors (Lipinski definition) is 3. The Bertz CT molecular complexity index is 506. The Morgan fingerprint density at radius 3 is 2.52 bits per heavy atom. The highest BCUT2D eigenvalue weighted by Gasteiger charge is 2.31. The van der Waals surface area contributed by atoms with Gasteiger partial charge in [-0.25, -0.2) is 4.98 Å². The molecule has 0 saturated carbocycles. The summed E-state index contributed by atoms with van der Waals surface area (Å²) in [6.07, 6.45) is -1.31. The van der Waals surface area contributed by atoms with E-state index in [-0.39, 0.29) is 17.9 Å². The molecule has 2 heterocycles. The van der Waals surface area contributed by atoms with Gasteiger partial charge < -0.3 is 9.64 Å². The van der Waals surface area contributed by atoms with Crippen LogP contribution in [0.2, 0.25) is 0 Å². The van der Waals surface area contributed by atoms with E-state index < -0.39 is 11.7 Å². The lowest BCUT2D eigenvalue weighted by atomic mass is 10.1. The first-order valence-electron chi connectivity index (χ1n) is 6.51. The Labute approximate surface area is 120 Å². The zero-order chi connectivity index (χ0) is 15.5. The van der Waals surface area contributed by atoms with Crippen LogP contribution < -0.4 is 4.74 Å². The first-order chi connectivity index (χ1) is 9.90. The molecule has 0 bridgehead atoms. The standard InChI is InChI=1S/C14H15F3N2O2/c1-2-13(20)19-7-5-11(6-8-19)21-12-4-3-10(9-18-12)14(15,16)17/h2-4,9,11H,1,5-8H2. The van der Waals surface area contributed by atoms with Gasteiger partial charge in [-0.05, 0) is 12.1 Å². The van der Waals surface area contributed by atoms with Crippen LogP contribution in [0.1, 0.15) is 18.4 Å². The maximum atomic E-state index is 12.4. The smallest absolute Gasteiger partial charge is 0.417 e. The summed E-state index contributed by atoms with van der Waals surface area (Å²) >= 11 is 0. The van der Waals surface area contributed by atoms with Gasteiger partial charge in [0.1, 0.15) is 6.10 Å². The third-order valence-electron chi connectivity index (χ3n) is 3.28. The molecule has 0 atom stereocenters. The molecule has 0 aliphatic carbocycles. The van der Waals surface area contributed by atoms with Gasteiger partial charge in [0.05, 0.1) is 5.56 Å². The monoisotopic (exact) mass is 300 g/mol. The fourth-order valence-corrected chi connectivity index (χ4v) is 2.11. The summed E-state index contributed by atoms with van der Waals surface area (Å²) in [7, 11) is 0. The summed E-state index contributed by atoms with van der Waals surface area (Å²) < 4.78 is 42.8. The molecule has 0 unspecified atom stereocenters. The van der Waals surface area contributed by atoms with Crippen molar-refractivity contribution in [3.8, 4) is 5.88 Å². The lowest BCUT2D eigenvalue weighted by Gasteiger charge is -2.31. The normalized spacial score (nSPS) is 16.6. The summed E-state index contributed by atoms with van der Waals surface area (Å²) in [4.78, 5) is 16.7. The minimum atomic E-state index is -4.40. The maximum Gasteiger partial charge on any atom is 0.417 e. The van der Waals surface area contributed by atoms with Crippen molar-refractivity contribution in [2.45, 2.75) is 25.1 Å². The topological polar surface area (TPSA) is 42.4 Å². The molecule has 1 saturated heterocycles. The van der Waals surface area contributed by atoms with Gasteiger partial charge in [-0.2, -0.15) is 13.2 Å². The van der Waals surface area contributed by atoms with Crippen molar-refractivity contribution >= 4 is 5.91 Å². The molecule has 114 valence electrons. The minimum Gasteiger partial charge on any atom is -0.474 e. The van der Waals surface area contributed by atoms with Crippen LogP contribution >= 0.6 is 0 Å². The molecule has 1 fully saturated rings. The average Bonchev–Trinajstić information content (AvgIpc) is 2.47. The summed E-state index contributed by atoms with van der Waals surface area (Å²) in [6.45, 7) is 4.50. The Morgan fingerprint density at radius 1 is 1.38 bits per heavy atom. The van der Waals surface area contributed by atoms with Gasteiger partial charge in [0.15, 0.2) is 0 Å². The predicted octanol–water partition coefficient (Wildman–Crippen LogP) is 2.66. The van der Waals surface area contributed by atoms with Crippen LogP contribution in [-0.2, 0) is 11.0 Å². The van der Waals surface area contributed by atoms with E-state index in [1.54, 1.807) is 4.90 Å². The molecule has 1 aliphatic rings. The predicted molar refractivity (Wildman–Crippen MR) is 69.7 cm³/mol. The van der Waals surface area contributed by atoms with Crippen molar-refractivity contribution in [1.29, 1.82) is 0 Å². The van der Waals surface area contributed by atoms with E-state index >= 15 is 0 Å². The van der Waals surface area contributed by atoms with Crippen LogP contribution in [0.4, 0.5) is 13.2 Å². The van der Waals surface area contributed by atoms with Crippen LogP contribution in [0.3, 0.4) is 0 Å². The number of likely N-dealkylation sites (tertiary alicyclic amines) is 1. The fraction of sp³-hybridized carbons (Fsp3) is 0.429. The number of aromatic nitrogens is 1. The summed E-state index contributed by atoms with van der Waals surface area (Å²) in [6, 6.07) is 2.16. The highest BCUT2D eigenvalue weighted by Crippen LogP contribution is 2.29. The SMILES string of the molecule is C=CC(=O)N1CCC(Oc2ccc(C(F)(F)F)cn2)CC1. The number of pyridine rings is 1. The fourth-order valence-electron chi connectivity index (χ4n) is 2.11. The number of rotatable bonds is 3. The molecule has 1 aromatic rings. The Morgan fingerprint density at radius 2 is 2.05 bits per heavy atom. The number of carbonyl (C=O) groups is 1. The third kappa shape index (κ3) is 3.96. The molecule has 21 heavy (non-hydrogen) atoms. The van der Waals surface area contributed by atoms with Gasteiger partial charge in [0.25, 0.3) is 0 Å². The average molecular weight is 300 g/mol. The Kier molecular flexibility index (Phi) is 4.50. The molecule has 4 nitrogen and oxygen atoms in total. The zero-order valence-corrected chi connectivity index (χ0v) is 11.3. The van der Waals surface area contributed by atoms with Crippen molar-refractivity contribution in [3.63, 3.8) is 0 Å². The van der Waals surface area contributed by atoms with E-state index in [1.807, 2.05) is 0 Å². The van der Waals surface area contributed by atoms with E-state index in [4.69, 9.17) is 4.74 Å². The van der Waals surface area contributed by atoms with Crippen LogP contribution in [0.15, 0.2) is 31.0 Å². The number of hydrogen-bond donors (Lipinski definition) is 0. The molecule has 0 N–H and O–H groups in total. The molecule has 0 radical (unpaired) electrons. The van der Waals surface area contributed by atoms with Crippen LogP contribution in [0, 0.1) is 0 Å². The molecule has 1 aliphatic heterocycles. The molecule has 2 rings (SSSR count). The molecule has 7 heteroatoms. The molecule has 1 amide bonds. The van der Waals surface area contributed by atoms with Gasteiger partial charge in [-0.1, -0.05) is 6.58 Å². The number of nitrogens with zero attached hydrogens (tertiary/aromatic N) is 2. The number of carbonyl (C=O) groups excluding carboxylic acids is 1. The van der Waals surface area contributed by atoms with E-state index in [0.717, 1.165) is 12.3 Å². The van der Waals surface area contributed by atoms with Gasteiger partial charge in [0, 0.05) is 38.2 Å². The first-order valence-corrected chi connectivity index (χ1v) is 6.51. The molecule has 0 spiro atoms. The van der Waals surface area contributed by atoms with Gasteiger partial charge in [-0.3, -0.25) is 4.79 Å². The van der Waals surface area contributed by atoms with Crippen molar-refractivity contribution in [1.82, 2.24) is 9.88 Å². The minimum absolute atomic E-state index is 0.124. The van der Waals surface area contributed by atoms with E-state index in [0.29, 0.717) is 25.9 Å². The number of halogens is 3. The molecular formula is C14H15F3N2O2. The van der Waals surface area contributed by atoms with E-state index in [9.17, 15) is 18.0 Å². The second-order valence-electron chi connectivity index (χ2n) is 4.73. The van der Waals surface area contributed by atoms with Crippen molar-refractivity contribution in [2.24, 2.45) is 0 Å². The van der Waals surface area contributed by atoms with E-state index in [1.165, 1.54) is 12.1 Å². The summed E-state index contributed by atoms with van der Waals surface area (Å²) in [5.41, 5.74) is -0.804. The third-order valence-corrected chi connectivity index (χ3v) is 3.28. The molecule has 1 aromatic heterocycles. The lowest BCUT2D eigenvalue weighted by molar-refractivity contribution is -0.137. The Balaban J connectivity index is 1.89. The highest BCUT2D eigenvalue weighted by atomic mass is 19.4. The van der Waals surface area contributed by atoms with Crippen molar-refractivity contribution in [2.75, 3.05) is 13.1 Å². The second kappa shape index (κ2) is 6.15. The second-order valence-corrected chi connectivity index (χ2v) is 4.73. The maximum absolute atomic E-state index is 12.4. The number of ether oxygens (including phenoxy) is 1. The van der Waals surface area contributed by atoms with Gasteiger partial charge >= 0.3 is 6.18 Å².